The van der Waals surface area contributed by atoms with Gasteiger partial charge in [-0.1, -0.05) is 24.8 Å². The molecule has 32 heavy (non-hydrogen) atoms. The number of hydrogen-bond acceptors (Lipinski definition) is 4. The topological polar surface area (TPSA) is 44.8 Å². The summed E-state index contributed by atoms with van der Waals surface area (Å²) in [5.74, 6) is 0.542. The fourth-order valence-electron chi connectivity index (χ4n) is 4.59. The average Bonchev–Trinajstić information content (AvgIpc) is 2.80. The number of fused-ring (bicyclic) bond motifs is 1. The maximum absolute atomic E-state index is 14.4. The minimum absolute atomic E-state index is 0.0341. The summed E-state index contributed by atoms with van der Waals surface area (Å²) in [7, 11) is 0. The first-order chi connectivity index (χ1) is 15.4. The van der Waals surface area contributed by atoms with Crippen LogP contribution in [0.25, 0.3) is 0 Å². The fourth-order valence-corrected chi connectivity index (χ4v) is 4.59. The smallest absolute Gasteiger partial charge is 0.246 e. The average molecular weight is 438 g/mol. The first-order valence-electron chi connectivity index (χ1n) is 11.3. The summed E-state index contributed by atoms with van der Waals surface area (Å²) in [4.78, 5) is 16.2. The van der Waals surface area contributed by atoms with E-state index in [0.29, 0.717) is 18.7 Å². The minimum Gasteiger partial charge on any atom is -0.484 e. The quantitative estimate of drug-likeness (QED) is 0.702. The minimum atomic E-state index is -0.312. The fraction of sp³-hybridized carbons (Fsp3) is 0.423. The Kier molecular flexibility index (Phi) is 6.92. The van der Waals surface area contributed by atoms with Gasteiger partial charge in [0.1, 0.15) is 17.7 Å². The Morgan fingerprint density at radius 3 is 2.88 bits per heavy atom. The maximum Gasteiger partial charge on any atom is 0.246 e. The van der Waals surface area contributed by atoms with Crippen LogP contribution >= 0.6 is 0 Å². The molecule has 2 aromatic carbocycles. The molecule has 1 fully saturated rings. The lowest BCUT2D eigenvalue weighted by atomic mass is 10.0. The van der Waals surface area contributed by atoms with Crippen molar-refractivity contribution in [3.05, 3.63) is 77.1 Å². The van der Waals surface area contributed by atoms with Gasteiger partial charge in [-0.05, 0) is 73.3 Å². The molecule has 0 unspecified atom stereocenters. The van der Waals surface area contributed by atoms with Crippen LogP contribution in [-0.4, -0.2) is 54.5 Å². The van der Waals surface area contributed by atoms with Gasteiger partial charge in [0.05, 0.1) is 0 Å². The Morgan fingerprint density at radius 2 is 2.12 bits per heavy atom. The number of nitrogens with zero attached hydrogens (tertiary/aromatic N) is 2. The molecule has 0 aliphatic carbocycles. The van der Waals surface area contributed by atoms with Crippen molar-refractivity contribution in [2.45, 2.75) is 39.0 Å². The molecule has 2 aliphatic rings. The molecule has 0 spiro atoms. The van der Waals surface area contributed by atoms with Gasteiger partial charge in [0.15, 0.2) is 0 Å². The Labute approximate surface area is 189 Å². The summed E-state index contributed by atoms with van der Waals surface area (Å²) in [5.41, 5.74) is 4.05. The van der Waals surface area contributed by atoms with E-state index in [2.05, 4.69) is 28.9 Å². The van der Waals surface area contributed by atoms with Crippen molar-refractivity contribution in [1.82, 2.24) is 15.1 Å². The first-order valence-corrected chi connectivity index (χ1v) is 11.3. The van der Waals surface area contributed by atoms with Gasteiger partial charge in [0.2, 0.25) is 5.91 Å². The monoisotopic (exact) mass is 437 g/mol. The van der Waals surface area contributed by atoms with Crippen molar-refractivity contribution in [2.24, 2.45) is 0 Å². The van der Waals surface area contributed by atoms with Crippen LogP contribution in [0.5, 0.6) is 5.75 Å². The lowest BCUT2D eigenvalue weighted by molar-refractivity contribution is -0.130. The molecule has 2 aliphatic heterocycles. The third-order valence-corrected chi connectivity index (χ3v) is 6.50. The second-order valence-electron chi connectivity index (χ2n) is 8.82. The predicted molar refractivity (Wildman–Crippen MR) is 124 cm³/mol. The van der Waals surface area contributed by atoms with Crippen molar-refractivity contribution in [3.63, 3.8) is 0 Å². The summed E-state index contributed by atoms with van der Waals surface area (Å²) < 4.78 is 20.9. The van der Waals surface area contributed by atoms with Crippen LogP contribution in [0.15, 0.2) is 49.1 Å². The molecule has 1 N–H and O–H groups in total. The lowest BCUT2D eigenvalue weighted by Gasteiger charge is -2.40. The predicted octanol–water partition coefficient (Wildman–Crippen LogP) is 3.62. The van der Waals surface area contributed by atoms with Gasteiger partial charge >= 0.3 is 0 Å². The van der Waals surface area contributed by atoms with E-state index in [9.17, 15) is 9.18 Å². The number of nitrogens with one attached hydrogen (secondary N) is 1. The van der Waals surface area contributed by atoms with E-state index in [-0.39, 0.29) is 23.9 Å². The van der Waals surface area contributed by atoms with Gasteiger partial charge in [-0.15, -0.1) is 0 Å². The molecule has 2 aromatic rings. The molecule has 2 atom stereocenters. The number of hydrogen-bond donors (Lipinski definition) is 1. The molecule has 1 amide bonds. The third-order valence-electron chi connectivity index (χ3n) is 6.50. The van der Waals surface area contributed by atoms with Crippen molar-refractivity contribution in [2.75, 3.05) is 32.7 Å². The third kappa shape index (κ3) is 5.03. The molecule has 4 rings (SSSR count). The first kappa shape index (κ1) is 22.5. The van der Waals surface area contributed by atoms with Crippen LogP contribution in [-0.2, 0) is 17.8 Å². The van der Waals surface area contributed by atoms with Crippen LogP contribution < -0.4 is 10.1 Å². The number of rotatable bonds is 6. The number of aryl methyl sites for hydroxylation is 1. The van der Waals surface area contributed by atoms with E-state index < -0.39 is 0 Å². The van der Waals surface area contributed by atoms with Crippen molar-refractivity contribution in [1.29, 1.82) is 0 Å². The van der Waals surface area contributed by atoms with Crippen LogP contribution in [0.2, 0.25) is 0 Å². The number of piperazine rings is 1. The summed E-state index contributed by atoms with van der Waals surface area (Å²) >= 11 is 0. The van der Waals surface area contributed by atoms with E-state index in [1.807, 2.05) is 24.0 Å². The normalized spacial score (nSPS) is 19.8. The van der Waals surface area contributed by atoms with Crippen LogP contribution in [0.3, 0.4) is 0 Å². The van der Waals surface area contributed by atoms with Gasteiger partial charge in [-0.3, -0.25) is 9.69 Å². The molecule has 170 valence electrons. The molecular formula is C26H32FN3O2. The molecule has 6 heteroatoms. The molecule has 2 heterocycles. The number of carbonyl (C=O) groups is 1. The zero-order valence-electron chi connectivity index (χ0n) is 18.9. The standard InChI is InChI=1S/C26H32FN3O2/c1-4-26(31)30-12-11-29(16-19(30)3)17-25(21-6-5-18(2)24(27)14-21)32-23-8-7-20-9-10-28-15-22(20)13-23/h4-8,13-14,19,25,28H,1,9-12,15-17H2,2-3H3/t19-,25+/m1/s1. The molecule has 1 saturated heterocycles. The second-order valence-corrected chi connectivity index (χ2v) is 8.82. The zero-order chi connectivity index (χ0) is 22.7. The number of carbonyl (C=O) groups excluding carboxylic acids is 1. The number of ether oxygens (including phenoxy) is 1. The maximum atomic E-state index is 14.4. The van der Waals surface area contributed by atoms with Crippen LogP contribution in [0.1, 0.15) is 35.3 Å². The van der Waals surface area contributed by atoms with Crippen molar-refractivity contribution >= 4 is 5.91 Å². The van der Waals surface area contributed by atoms with Crippen molar-refractivity contribution < 1.29 is 13.9 Å². The van der Waals surface area contributed by atoms with Gasteiger partial charge in [0.25, 0.3) is 0 Å². The van der Waals surface area contributed by atoms with E-state index >= 15 is 0 Å². The lowest BCUT2D eigenvalue weighted by Crippen LogP contribution is -2.54. The summed E-state index contributed by atoms with van der Waals surface area (Å²) in [5, 5.41) is 3.40. The van der Waals surface area contributed by atoms with E-state index in [1.54, 1.807) is 19.1 Å². The van der Waals surface area contributed by atoms with Gasteiger partial charge in [-0.2, -0.15) is 0 Å². The Balaban J connectivity index is 1.54. The van der Waals surface area contributed by atoms with E-state index in [1.165, 1.54) is 17.2 Å². The Morgan fingerprint density at radius 1 is 1.28 bits per heavy atom. The molecule has 0 aromatic heterocycles. The summed E-state index contributed by atoms with van der Waals surface area (Å²) in [6, 6.07) is 11.7. The largest absolute Gasteiger partial charge is 0.484 e. The van der Waals surface area contributed by atoms with Gasteiger partial charge in [-0.25, -0.2) is 4.39 Å². The van der Waals surface area contributed by atoms with E-state index in [0.717, 1.165) is 43.9 Å². The SMILES string of the molecule is C=CC(=O)N1CCN(C[C@H](Oc2ccc3c(c2)CNCC3)c2ccc(C)c(F)c2)C[C@H]1C. The van der Waals surface area contributed by atoms with Gasteiger partial charge < -0.3 is 15.0 Å². The van der Waals surface area contributed by atoms with Gasteiger partial charge in [0, 0.05) is 38.8 Å². The number of amides is 1. The Bertz CT molecular complexity index is 993. The highest BCUT2D eigenvalue weighted by Gasteiger charge is 2.28. The summed E-state index contributed by atoms with van der Waals surface area (Å²) in [6.45, 7) is 12.0. The number of halogens is 1. The zero-order valence-corrected chi connectivity index (χ0v) is 18.9. The molecule has 5 nitrogen and oxygen atoms in total. The van der Waals surface area contributed by atoms with E-state index in [4.69, 9.17) is 4.74 Å². The van der Waals surface area contributed by atoms with Crippen LogP contribution in [0, 0.1) is 12.7 Å². The highest BCUT2D eigenvalue weighted by atomic mass is 19.1. The highest BCUT2D eigenvalue weighted by molar-refractivity contribution is 5.87. The molecular weight excluding hydrogens is 405 g/mol. The van der Waals surface area contributed by atoms with Crippen molar-refractivity contribution in [3.8, 4) is 5.75 Å². The summed E-state index contributed by atoms with van der Waals surface area (Å²) in [6.07, 6.45) is 2.08. The molecule has 0 saturated carbocycles. The molecule has 0 bridgehead atoms. The Hall–Kier alpha value is -2.70. The number of benzene rings is 2. The highest BCUT2D eigenvalue weighted by Crippen LogP contribution is 2.28. The second kappa shape index (κ2) is 9.84. The van der Waals surface area contributed by atoms with Crippen LogP contribution in [0.4, 0.5) is 4.39 Å². The molecule has 0 radical (unpaired) electrons.